The summed E-state index contributed by atoms with van der Waals surface area (Å²) in [5.41, 5.74) is 0.625. The van der Waals surface area contributed by atoms with Gasteiger partial charge in [-0.3, -0.25) is 9.52 Å². The molecule has 22 heavy (non-hydrogen) atoms. The van der Waals surface area contributed by atoms with Gasteiger partial charge in [0.1, 0.15) is 0 Å². The Balaban J connectivity index is 2.28. The molecule has 0 aromatic heterocycles. The highest BCUT2D eigenvalue weighted by Gasteiger charge is 2.15. The predicted molar refractivity (Wildman–Crippen MR) is 87.1 cm³/mol. The van der Waals surface area contributed by atoms with Crippen LogP contribution in [-0.2, 0) is 10.0 Å². The molecule has 0 aliphatic rings. The van der Waals surface area contributed by atoms with Crippen LogP contribution in [-0.4, -0.2) is 21.4 Å². The standard InChI is InChI=1S/C14H12Cl2N2O3S/c1-17-14(19)9-2-4-13(5-3-9)22(20,21)18-12-7-10(15)6-11(16)8-12/h2-8,18H,1H3,(H,17,19). The van der Waals surface area contributed by atoms with Crippen molar-refractivity contribution >= 4 is 44.8 Å². The summed E-state index contributed by atoms with van der Waals surface area (Å²) in [5.74, 6) is -0.293. The number of hydrogen-bond acceptors (Lipinski definition) is 3. The molecule has 2 aromatic rings. The zero-order valence-corrected chi connectivity index (χ0v) is 13.8. The molecule has 0 saturated heterocycles. The van der Waals surface area contributed by atoms with E-state index in [2.05, 4.69) is 10.0 Å². The summed E-state index contributed by atoms with van der Waals surface area (Å²) in [5, 5.41) is 3.10. The minimum atomic E-state index is -3.80. The Hall–Kier alpha value is -1.76. The molecule has 0 heterocycles. The molecule has 0 aliphatic carbocycles. The van der Waals surface area contributed by atoms with E-state index in [1.165, 1.54) is 49.5 Å². The molecule has 0 bridgehead atoms. The first-order chi connectivity index (χ1) is 10.3. The minimum absolute atomic E-state index is 0.0243. The van der Waals surface area contributed by atoms with E-state index < -0.39 is 10.0 Å². The smallest absolute Gasteiger partial charge is 0.261 e. The summed E-state index contributed by atoms with van der Waals surface area (Å²) in [6.07, 6.45) is 0. The Morgan fingerprint density at radius 3 is 2.05 bits per heavy atom. The molecule has 0 atom stereocenters. The van der Waals surface area contributed by atoms with Gasteiger partial charge in [0.25, 0.3) is 15.9 Å². The van der Waals surface area contributed by atoms with Crippen molar-refractivity contribution in [2.24, 2.45) is 0 Å². The molecule has 0 spiro atoms. The van der Waals surface area contributed by atoms with Crippen molar-refractivity contribution in [2.75, 3.05) is 11.8 Å². The largest absolute Gasteiger partial charge is 0.355 e. The molecule has 0 aliphatic heterocycles. The molecule has 2 N–H and O–H groups in total. The third-order valence-corrected chi connectivity index (χ3v) is 4.60. The summed E-state index contributed by atoms with van der Waals surface area (Å²) in [7, 11) is -2.30. The lowest BCUT2D eigenvalue weighted by atomic mass is 10.2. The number of rotatable bonds is 4. The lowest BCUT2D eigenvalue weighted by Crippen LogP contribution is -2.18. The van der Waals surface area contributed by atoms with Gasteiger partial charge >= 0.3 is 0 Å². The highest BCUT2D eigenvalue weighted by molar-refractivity contribution is 7.92. The quantitative estimate of drug-likeness (QED) is 0.881. The molecule has 0 radical (unpaired) electrons. The van der Waals surface area contributed by atoms with Crippen LogP contribution >= 0.6 is 23.2 Å². The van der Waals surface area contributed by atoms with Crippen LogP contribution in [0.5, 0.6) is 0 Å². The normalized spacial score (nSPS) is 11.0. The number of nitrogens with one attached hydrogen (secondary N) is 2. The van der Waals surface area contributed by atoms with Gasteiger partial charge in [0.05, 0.1) is 10.6 Å². The second-order valence-corrected chi connectivity index (χ2v) is 6.92. The molecular weight excluding hydrogens is 347 g/mol. The van der Waals surface area contributed by atoms with Crippen LogP contribution in [0.3, 0.4) is 0 Å². The molecule has 116 valence electrons. The summed E-state index contributed by atoms with van der Waals surface area (Å²) in [4.78, 5) is 11.5. The zero-order chi connectivity index (χ0) is 16.3. The summed E-state index contributed by atoms with van der Waals surface area (Å²) >= 11 is 11.7. The fourth-order valence-corrected chi connectivity index (χ4v) is 3.32. The lowest BCUT2D eigenvalue weighted by molar-refractivity contribution is 0.0963. The van der Waals surface area contributed by atoms with Crippen molar-refractivity contribution in [2.45, 2.75) is 4.90 Å². The average molecular weight is 359 g/mol. The van der Waals surface area contributed by atoms with Crippen molar-refractivity contribution in [1.82, 2.24) is 5.32 Å². The fourth-order valence-electron chi connectivity index (χ4n) is 1.76. The minimum Gasteiger partial charge on any atom is -0.355 e. The van der Waals surface area contributed by atoms with Crippen LogP contribution in [0.4, 0.5) is 5.69 Å². The van der Waals surface area contributed by atoms with Crippen LogP contribution in [0, 0.1) is 0 Å². The maximum absolute atomic E-state index is 12.3. The van der Waals surface area contributed by atoms with Crippen LogP contribution < -0.4 is 10.0 Å². The summed E-state index contributed by atoms with van der Waals surface area (Å²) in [6.45, 7) is 0. The average Bonchev–Trinajstić information content (AvgIpc) is 2.45. The Labute approximate surface area is 138 Å². The third-order valence-electron chi connectivity index (χ3n) is 2.77. The monoisotopic (exact) mass is 358 g/mol. The molecule has 0 saturated carbocycles. The molecule has 0 fully saturated rings. The number of carbonyl (C=O) groups excluding carboxylic acids is 1. The zero-order valence-electron chi connectivity index (χ0n) is 11.4. The Morgan fingerprint density at radius 2 is 1.55 bits per heavy atom. The van der Waals surface area contributed by atoms with Crippen LogP contribution in [0.25, 0.3) is 0 Å². The van der Waals surface area contributed by atoms with Crippen LogP contribution in [0.1, 0.15) is 10.4 Å². The molecule has 1 amide bonds. The summed E-state index contributed by atoms with van der Waals surface area (Å²) in [6, 6.07) is 9.95. The van der Waals surface area contributed by atoms with Crippen molar-refractivity contribution < 1.29 is 13.2 Å². The number of halogens is 2. The molecule has 5 nitrogen and oxygen atoms in total. The van der Waals surface area contributed by atoms with E-state index in [9.17, 15) is 13.2 Å². The van der Waals surface area contributed by atoms with Crippen molar-refractivity contribution in [3.63, 3.8) is 0 Å². The van der Waals surface area contributed by atoms with E-state index in [0.29, 0.717) is 15.6 Å². The second kappa shape index (κ2) is 6.56. The number of amides is 1. The Bertz CT molecular complexity index is 785. The molecule has 2 rings (SSSR count). The van der Waals surface area contributed by atoms with E-state index in [-0.39, 0.29) is 16.5 Å². The number of carbonyl (C=O) groups is 1. The molecule has 0 unspecified atom stereocenters. The van der Waals surface area contributed by atoms with Gasteiger partial charge in [-0.1, -0.05) is 23.2 Å². The first-order valence-electron chi connectivity index (χ1n) is 6.13. The van der Waals surface area contributed by atoms with E-state index in [1.807, 2.05) is 0 Å². The fraction of sp³-hybridized carbons (Fsp3) is 0.0714. The Morgan fingerprint density at radius 1 is 1.00 bits per heavy atom. The topological polar surface area (TPSA) is 75.3 Å². The maximum atomic E-state index is 12.3. The summed E-state index contributed by atoms with van der Waals surface area (Å²) < 4.78 is 26.9. The van der Waals surface area contributed by atoms with Crippen LogP contribution in [0.15, 0.2) is 47.4 Å². The number of benzene rings is 2. The van der Waals surface area contributed by atoms with Gasteiger partial charge in [-0.05, 0) is 42.5 Å². The van der Waals surface area contributed by atoms with Gasteiger partial charge < -0.3 is 5.32 Å². The lowest BCUT2D eigenvalue weighted by Gasteiger charge is -2.09. The van der Waals surface area contributed by atoms with Gasteiger partial charge in [0.2, 0.25) is 0 Å². The highest BCUT2D eigenvalue weighted by atomic mass is 35.5. The second-order valence-electron chi connectivity index (χ2n) is 4.37. The predicted octanol–water partition coefficient (Wildman–Crippen LogP) is 3.15. The number of sulfonamides is 1. The SMILES string of the molecule is CNC(=O)c1ccc(S(=O)(=O)Nc2cc(Cl)cc(Cl)c2)cc1. The van der Waals surface area contributed by atoms with Gasteiger partial charge in [-0.15, -0.1) is 0 Å². The molecule has 2 aromatic carbocycles. The van der Waals surface area contributed by atoms with Crippen LogP contribution in [0.2, 0.25) is 10.0 Å². The van der Waals surface area contributed by atoms with Crippen molar-refractivity contribution in [3.05, 3.63) is 58.1 Å². The molecular formula is C14H12Cl2N2O3S. The van der Waals surface area contributed by atoms with E-state index in [4.69, 9.17) is 23.2 Å². The number of anilines is 1. The number of hydrogen-bond donors (Lipinski definition) is 2. The maximum Gasteiger partial charge on any atom is 0.261 e. The van der Waals surface area contributed by atoms with E-state index in [0.717, 1.165) is 0 Å². The third kappa shape index (κ3) is 3.91. The van der Waals surface area contributed by atoms with Crippen molar-refractivity contribution in [3.8, 4) is 0 Å². The van der Waals surface area contributed by atoms with Gasteiger partial charge in [-0.2, -0.15) is 0 Å². The van der Waals surface area contributed by atoms with E-state index >= 15 is 0 Å². The first kappa shape index (κ1) is 16.6. The highest BCUT2D eigenvalue weighted by Crippen LogP contribution is 2.24. The van der Waals surface area contributed by atoms with E-state index in [1.54, 1.807) is 0 Å². The van der Waals surface area contributed by atoms with Gasteiger partial charge in [0, 0.05) is 22.7 Å². The van der Waals surface area contributed by atoms with Gasteiger partial charge in [-0.25, -0.2) is 8.42 Å². The van der Waals surface area contributed by atoms with Gasteiger partial charge in [0.15, 0.2) is 0 Å². The Kier molecular flexibility index (Phi) is 4.95. The van der Waals surface area contributed by atoms with Crippen molar-refractivity contribution in [1.29, 1.82) is 0 Å². The molecule has 8 heteroatoms. The first-order valence-corrected chi connectivity index (χ1v) is 8.37.